The second-order valence-corrected chi connectivity index (χ2v) is 9.29. The maximum absolute atomic E-state index is 12.6. The summed E-state index contributed by atoms with van der Waals surface area (Å²) in [6.45, 7) is 2.20. The molecule has 1 aromatic heterocycles. The average molecular weight is 450 g/mol. The first-order valence-corrected chi connectivity index (χ1v) is 11.4. The van der Waals surface area contributed by atoms with Gasteiger partial charge in [-0.2, -0.15) is 0 Å². The fourth-order valence-corrected chi connectivity index (χ4v) is 5.53. The molecule has 1 heterocycles. The van der Waals surface area contributed by atoms with Crippen molar-refractivity contribution < 1.29 is 9.59 Å². The number of amides is 2. The van der Waals surface area contributed by atoms with Crippen LogP contribution >= 0.6 is 23.6 Å². The third-order valence-corrected chi connectivity index (χ3v) is 6.84. The summed E-state index contributed by atoms with van der Waals surface area (Å²) in [5.41, 5.74) is 9.77. The van der Waals surface area contributed by atoms with E-state index in [0.717, 1.165) is 36.0 Å². The fraction of sp³-hybridized carbons (Fsp3) is 0.208. The highest BCUT2D eigenvalue weighted by molar-refractivity contribution is 7.80. The molecule has 0 radical (unpaired) electrons. The van der Waals surface area contributed by atoms with Gasteiger partial charge in [0.05, 0.1) is 5.56 Å². The zero-order valence-electron chi connectivity index (χ0n) is 17.1. The first-order chi connectivity index (χ1) is 14.9. The van der Waals surface area contributed by atoms with Crippen molar-refractivity contribution in [1.82, 2.24) is 5.32 Å². The highest BCUT2D eigenvalue weighted by Crippen LogP contribution is 2.39. The molecule has 4 N–H and O–H groups in total. The summed E-state index contributed by atoms with van der Waals surface area (Å²) in [7, 11) is 0. The van der Waals surface area contributed by atoms with E-state index in [0.29, 0.717) is 22.0 Å². The highest BCUT2D eigenvalue weighted by Gasteiger charge is 2.27. The Bertz CT molecular complexity index is 1140. The number of hydrogen-bond acceptors (Lipinski definition) is 4. The van der Waals surface area contributed by atoms with Gasteiger partial charge >= 0.3 is 0 Å². The standard InChI is InChI=1S/C24H23N3O2S2/c1-14-7-12-18-19(13-14)31-23(20(18)21(25)28)27-24(30)26-22(29)17-10-8-16(9-11-17)15-5-3-2-4-6-15/h2-6,8-11,14H,7,12-13H2,1H3,(H2,25,28)(H2,26,27,29,30). The lowest BCUT2D eigenvalue weighted by atomic mass is 9.88. The van der Waals surface area contributed by atoms with Gasteiger partial charge in [-0.3, -0.25) is 14.9 Å². The van der Waals surface area contributed by atoms with Crippen LogP contribution in [0, 0.1) is 5.92 Å². The third kappa shape index (κ3) is 4.68. The summed E-state index contributed by atoms with van der Waals surface area (Å²) in [6, 6.07) is 17.3. The topological polar surface area (TPSA) is 84.2 Å². The third-order valence-electron chi connectivity index (χ3n) is 5.47. The van der Waals surface area contributed by atoms with E-state index in [1.54, 1.807) is 12.1 Å². The van der Waals surface area contributed by atoms with Crippen molar-refractivity contribution in [3.63, 3.8) is 0 Å². The lowest BCUT2D eigenvalue weighted by molar-refractivity contribution is 0.0975. The lowest BCUT2D eigenvalue weighted by Gasteiger charge is -2.18. The highest BCUT2D eigenvalue weighted by atomic mass is 32.1. The van der Waals surface area contributed by atoms with Crippen molar-refractivity contribution in [2.24, 2.45) is 11.7 Å². The number of rotatable bonds is 4. The molecule has 1 unspecified atom stereocenters. The molecule has 3 aromatic rings. The Morgan fingerprint density at radius 3 is 2.42 bits per heavy atom. The summed E-state index contributed by atoms with van der Waals surface area (Å²) in [6.07, 6.45) is 2.79. The van der Waals surface area contributed by atoms with Crippen LogP contribution in [0.4, 0.5) is 5.00 Å². The predicted molar refractivity (Wildman–Crippen MR) is 130 cm³/mol. The van der Waals surface area contributed by atoms with E-state index in [4.69, 9.17) is 18.0 Å². The van der Waals surface area contributed by atoms with E-state index in [2.05, 4.69) is 17.6 Å². The molecule has 0 aliphatic heterocycles. The van der Waals surface area contributed by atoms with Gasteiger partial charge in [-0.25, -0.2) is 0 Å². The van der Waals surface area contributed by atoms with E-state index in [1.807, 2.05) is 42.5 Å². The van der Waals surface area contributed by atoms with Crippen molar-refractivity contribution in [2.75, 3.05) is 5.32 Å². The minimum atomic E-state index is -0.472. The molecule has 1 aliphatic carbocycles. The van der Waals surface area contributed by atoms with Crippen LogP contribution in [-0.4, -0.2) is 16.9 Å². The van der Waals surface area contributed by atoms with Gasteiger partial charge in [0.2, 0.25) is 0 Å². The first kappa shape index (κ1) is 21.2. The number of anilines is 1. The molecule has 0 saturated heterocycles. The minimum absolute atomic E-state index is 0.145. The Morgan fingerprint density at radius 2 is 1.74 bits per heavy atom. The largest absolute Gasteiger partial charge is 0.365 e. The summed E-state index contributed by atoms with van der Waals surface area (Å²) < 4.78 is 0. The van der Waals surface area contributed by atoms with Crippen LogP contribution in [-0.2, 0) is 12.8 Å². The van der Waals surface area contributed by atoms with Gasteiger partial charge in [0.1, 0.15) is 5.00 Å². The molecule has 2 aromatic carbocycles. The van der Waals surface area contributed by atoms with Crippen LogP contribution in [0.5, 0.6) is 0 Å². The predicted octanol–water partition coefficient (Wildman–Crippen LogP) is 4.77. The minimum Gasteiger partial charge on any atom is -0.365 e. The van der Waals surface area contributed by atoms with Gasteiger partial charge in [0.15, 0.2) is 5.11 Å². The van der Waals surface area contributed by atoms with Crippen LogP contribution in [0.3, 0.4) is 0 Å². The van der Waals surface area contributed by atoms with E-state index >= 15 is 0 Å². The fourth-order valence-electron chi connectivity index (χ4n) is 3.85. The number of hydrogen-bond donors (Lipinski definition) is 3. The number of carbonyl (C=O) groups excluding carboxylic acids is 2. The molecule has 0 saturated carbocycles. The molecule has 0 bridgehead atoms. The van der Waals surface area contributed by atoms with Crippen LogP contribution in [0.25, 0.3) is 11.1 Å². The van der Waals surface area contributed by atoms with Gasteiger partial charge in [-0.1, -0.05) is 49.4 Å². The van der Waals surface area contributed by atoms with Gasteiger partial charge < -0.3 is 11.1 Å². The van der Waals surface area contributed by atoms with Crippen LogP contribution in [0.1, 0.15) is 44.5 Å². The summed E-state index contributed by atoms with van der Waals surface area (Å²) in [4.78, 5) is 25.9. The average Bonchev–Trinajstić information content (AvgIpc) is 3.11. The molecule has 4 rings (SSSR count). The Balaban J connectivity index is 1.45. The summed E-state index contributed by atoms with van der Waals surface area (Å²) in [5.74, 6) is -0.210. The monoisotopic (exact) mass is 449 g/mol. The van der Waals surface area contributed by atoms with E-state index in [1.165, 1.54) is 16.2 Å². The molecule has 2 amide bonds. The maximum Gasteiger partial charge on any atom is 0.257 e. The number of thiophene rings is 1. The van der Waals surface area contributed by atoms with Crippen molar-refractivity contribution in [3.05, 3.63) is 76.2 Å². The Kier molecular flexibility index (Phi) is 6.15. The van der Waals surface area contributed by atoms with E-state index < -0.39 is 5.91 Å². The van der Waals surface area contributed by atoms with Gasteiger partial charge in [0, 0.05) is 10.4 Å². The number of primary amides is 1. The summed E-state index contributed by atoms with van der Waals surface area (Å²) >= 11 is 6.83. The number of thiocarbonyl (C=S) groups is 1. The normalized spacial score (nSPS) is 15.1. The number of carbonyl (C=O) groups is 2. The van der Waals surface area contributed by atoms with Crippen molar-refractivity contribution in [2.45, 2.75) is 26.2 Å². The molecule has 0 fully saturated rings. The smallest absolute Gasteiger partial charge is 0.257 e. The van der Waals surface area contributed by atoms with Gasteiger partial charge in [-0.15, -0.1) is 11.3 Å². The molecule has 31 heavy (non-hydrogen) atoms. The summed E-state index contributed by atoms with van der Waals surface area (Å²) in [5, 5.41) is 6.47. The Morgan fingerprint density at radius 1 is 1.06 bits per heavy atom. The molecule has 1 atom stereocenters. The van der Waals surface area contributed by atoms with E-state index in [9.17, 15) is 9.59 Å². The maximum atomic E-state index is 12.6. The number of nitrogens with one attached hydrogen (secondary N) is 2. The van der Waals surface area contributed by atoms with Crippen LogP contribution in [0.2, 0.25) is 0 Å². The molecule has 5 nitrogen and oxygen atoms in total. The Hall–Kier alpha value is -3.03. The second-order valence-electron chi connectivity index (χ2n) is 7.77. The first-order valence-electron chi connectivity index (χ1n) is 10.1. The second kappa shape index (κ2) is 8.99. The lowest BCUT2D eigenvalue weighted by Crippen LogP contribution is -2.34. The molecular weight excluding hydrogens is 426 g/mol. The van der Waals surface area contributed by atoms with Crippen molar-refractivity contribution in [1.29, 1.82) is 0 Å². The number of fused-ring (bicyclic) bond motifs is 1. The number of nitrogens with two attached hydrogens (primary N) is 1. The zero-order valence-corrected chi connectivity index (χ0v) is 18.7. The molecular formula is C24H23N3O2S2. The molecule has 7 heteroatoms. The molecule has 0 spiro atoms. The number of benzene rings is 2. The van der Waals surface area contributed by atoms with Gasteiger partial charge in [-0.05, 0) is 66.2 Å². The van der Waals surface area contributed by atoms with Crippen molar-refractivity contribution >= 4 is 45.5 Å². The molecule has 158 valence electrons. The van der Waals surface area contributed by atoms with Gasteiger partial charge in [0.25, 0.3) is 11.8 Å². The quantitative estimate of drug-likeness (QED) is 0.501. The van der Waals surface area contributed by atoms with Crippen molar-refractivity contribution in [3.8, 4) is 11.1 Å². The SMILES string of the molecule is CC1CCc2c(sc(NC(=S)NC(=O)c3ccc(-c4ccccc4)cc3)c2C(N)=O)C1. The van der Waals surface area contributed by atoms with E-state index in [-0.39, 0.29) is 11.0 Å². The zero-order chi connectivity index (χ0) is 22.0. The Labute approximate surface area is 190 Å². The molecule has 1 aliphatic rings. The van der Waals surface area contributed by atoms with Crippen LogP contribution in [0.15, 0.2) is 54.6 Å². The van der Waals surface area contributed by atoms with Crippen LogP contribution < -0.4 is 16.4 Å².